The standard InChI is InChI=1S/C39H27N3/c1-39(2)31-11-5-3-9-28(31)29-20-22-34-35(36(29)39)30-10-4-6-12-33(30)42(34)27-18-15-24(16-19-27)32-21-17-26-14-13-25-8-7-23-40-37(25)38(26)41-32/h3-23H,1-2H3. The summed E-state index contributed by atoms with van der Waals surface area (Å²) in [6.45, 7) is 4.74. The zero-order valence-electron chi connectivity index (χ0n) is 23.5. The minimum absolute atomic E-state index is 0.0783. The predicted molar refractivity (Wildman–Crippen MR) is 174 cm³/mol. The van der Waals surface area contributed by atoms with E-state index in [1.165, 1.54) is 44.1 Å². The van der Waals surface area contributed by atoms with Gasteiger partial charge in [-0.05, 0) is 58.7 Å². The van der Waals surface area contributed by atoms with Crippen molar-refractivity contribution in [1.82, 2.24) is 14.5 Å². The van der Waals surface area contributed by atoms with Crippen LogP contribution in [0.3, 0.4) is 0 Å². The number of nitrogens with zero attached hydrogens (tertiary/aromatic N) is 3. The number of aromatic nitrogens is 3. The van der Waals surface area contributed by atoms with Crippen LogP contribution < -0.4 is 0 Å². The molecule has 3 heteroatoms. The van der Waals surface area contributed by atoms with Gasteiger partial charge in [0.05, 0.1) is 27.8 Å². The summed E-state index contributed by atoms with van der Waals surface area (Å²) in [5, 5.41) is 4.85. The second kappa shape index (κ2) is 8.37. The summed E-state index contributed by atoms with van der Waals surface area (Å²) in [7, 11) is 0. The summed E-state index contributed by atoms with van der Waals surface area (Å²) >= 11 is 0. The van der Waals surface area contributed by atoms with Crippen molar-refractivity contribution in [1.29, 1.82) is 0 Å². The van der Waals surface area contributed by atoms with E-state index in [9.17, 15) is 0 Å². The second-order valence-electron chi connectivity index (χ2n) is 11.9. The summed E-state index contributed by atoms with van der Waals surface area (Å²) in [6.07, 6.45) is 1.84. The van der Waals surface area contributed by atoms with Crippen molar-refractivity contribution < 1.29 is 0 Å². The van der Waals surface area contributed by atoms with Gasteiger partial charge in [-0.2, -0.15) is 0 Å². The van der Waals surface area contributed by atoms with Crippen LogP contribution in [0.4, 0.5) is 0 Å². The molecule has 0 N–H and O–H groups in total. The molecule has 0 unspecified atom stereocenters. The third-order valence-corrected chi connectivity index (χ3v) is 9.21. The maximum atomic E-state index is 5.07. The van der Waals surface area contributed by atoms with E-state index >= 15 is 0 Å². The van der Waals surface area contributed by atoms with Gasteiger partial charge in [0.25, 0.3) is 0 Å². The molecule has 0 amide bonds. The molecular formula is C39H27N3. The Hall–Kier alpha value is -5.28. The Labute approximate surface area is 243 Å². The van der Waals surface area contributed by atoms with Gasteiger partial charge in [-0.1, -0.05) is 98.8 Å². The van der Waals surface area contributed by atoms with E-state index in [0.717, 1.165) is 38.8 Å². The lowest BCUT2D eigenvalue weighted by Gasteiger charge is -2.22. The van der Waals surface area contributed by atoms with Gasteiger partial charge in [0.15, 0.2) is 0 Å². The monoisotopic (exact) mass is 537 g/mol. The number of fused-ring (bicyclic) bond motifs is 10. The molecule has 42 heavy (non-hydrogen) atoms. The lowest BCUT2D eigenvalue weighted by Crippen LogP contribution is -2.15. The fourth-order valence-electron chi connectivity index (χ4n) is 7.28. The average Bonchev–Trinajstić information content (AvgIpc) is 3.49. The van der Waals surface area contributed by atoms with Crippen molar-refractivity contribution in [3.63, 3.8) is 0 Å². The van der Waals surface area contributed by atoms with Crippen LogP contribution in [0.25, 0.3) is 71.7 Å². The highest BCUT2D eigenvalue weighted by Gasteiger charge is 2.37. The van der Waals surface area contributed by atoms with Crippen LogP contribution in [0.1, 0.15) is 25.0 Å². The first-order valence-corrected chi connectivity index (χ1v) is 14.5. The lowest BCUT2D eigenvalue weighted by molar-refractivity contribution is 0.666. The number of hydrogen-bond donors (Lipinski definition) is 0. The van der Waals surface area contributed by atoms with Crippen molar-refractivity contribution in [2.75, 3.05) is 0 Å². The van der Waals surface area contributed by atoms with Crippen LogP contribution in [0.2, 0.25) is 0 Å². The van der Waals surface area contributed by atoms with Crippen LogP contribution in [0, 0.1) is 0 Å². The van der Waals surface area contributed by atoms with E-state index in [-0.39, 0.29) is 5.41 Å². The van der Waals surface area contributed by atoms with Crippen molar-refractivity contribution in [3.05, 3.63) is 139 Å². The average molecular weight is 538 g/mol. The lowest BCUT2D eigenvalue weighted by atomic mass is 9.80. The maximum Gasteiger partial charge on any atom is 0.0972 e. The van der Waals surface area contributed by atoms with Crippen LogP contribution in [0.15, 0.2) is 128 Å². The number of para-hydroxylation sites is 1. The predicted octanol–water partition coefficient (Wildman–Crippen LogP) is 9.85. The minimum atomic E-state index is -0.0783. The molecule has 0 spiro atoms. The minimum Gasteiger partial charge on any atom is -0.309 e. The largest absolute Gasteiger partial charge is 0.309 e. The highest BCUT2D eigenvalue weighted by Crippen LogP contribution is 2.53. The van der Waals surface area contributed by atoms with Gasteiger partial charge in [0.2, 0.25) is 0 Å². The van der Waals surface area contributed by atoms with Crippen molar-refractivity contribution in [2.24, 2.45) is 0 Å². The molecule has 198 valence electrons. The highest BCUT2D eigenvalue weighted by molar-refractivity contribution is 6.14. The summed E-state index contributed by atoms with van der Waals surface area (Å²) in [5.41, 5.74) is 13.0. The van der Waals surface area contributed by atoms with E-state index < -0.39 is 0 Å². The Morgan fingerprint density at radius 1 is 0.595 bits per heavy atom. The molecule has 0 saturated carbocycles. The fraction of sp³-hybridized carbons (Fsp3) is 0.0769. The molecule has 3 aromatic heterocycles. The summed E-state index contributed by atoms with van der Waals surface area (Å²) in [6, 6.07) is 43.7. The molecule has 0 radical (unpaired) electrons. The fourth-order valence-corrected chi connectivity index (χ4v) is 7.28. The normalized spacial score (nSPS) is 13.7. The molecule has 1 aliphatic rings. The van der Waals surface area contributed by atoms with E-state index in [0.29, 0.717) is 0 Å². The van der Waals surface area contributed by atoms with Crippen molar-refractivity contribution in [2.45, 2.75) is 19.3 Å². The molecule has 5 aromatic carbocycles. The molecular weight excluding hydrogens is 510 g/mol. The second-order valence-corrected chi connectivity index (χ2v) is 11.9. The molecule has 0 aliphatic heterocycles. The van der Waals surface area contributed by atoms with E-state index in [1.54, 1.807) is 0 Å². The maximum absolute atomic E-state index is 5.07. The van der Waals surface area contributed by atoms with Gasteiger partial charge < -0.3 is 4.57 Å². The first-order valence-electron chi connectivity index (χ1n) is 14.5. The molecule has 0 fully saturated rings. The molecule has 8 aromatic rings. The van der Waals surface area contributed by atoms with Gasteiger partial charge in [-0.15, -0.1) is 0 Å². The summed E-state index contributed by atoms with van der Waals surface area (Å²) < 4.78 is 2.42. The Bertz CT molecular complexity index is 2380. The Morgan fingerprint density at radius 2 is 1.36 bits per heavy atom. The first kappa shape index (κ1) is 23.4. The topological polar surface area (TPSA) is 30.7 Å². The quantitative estimate of drug-likeness (QED) is 0.205. The van der Waals surface area contributed by atoms with E-state index in [1.807, 2.05) is 12.3 Å². The van der Waals surface area contributed by atoms with Gasteiger partial charge in [-0.3, -0.25) is 4.98 Å². The first-order chi connectivity index (χ1) is 20.6. The van der Waals surface area contributed by atoms with E-state index in [2.05, 4.69) is 139 Å². The zero-order chi connectivity index (χ0) is 28.0. The van der Waals surface area contributed by atoms with Crippen LogP contribution in [-0.2, 0) is 5.41 Å². The molecule has 3 nitrogen and oxygen atoms in total. The van der Waals surface area contributed by atoms with Crippen LogP contribution in [0.5, 0.6) is 0 Å². The van der Waals surface area contributed by atoms with Gasteiger partial charge in [-0.25, -0.2) is 4.98 Å². The summed E-state index contributed by atoms with van der Waals surface area (Å²) in [4.78, 5) is 9.70. The van der Waals surface area contributed by atoms with Crippen LogP contribution in [-0.4, -0.2) is 14.5 Å². The Balaban J connectivity index is 1.23. The molecule has 1 aliphatic carbocycles. The Kier molecular flexibility index (Phi) is 4.67. The zero-order valence-corrected chi connectivity index (χ0v) is 23.5. The highest BCUT2D eigenvalue weighted by atomic mass is 15.0. The molecule has 3 heterocycles. The molecule has 0 bridgehead atoms. The van der Waals surface area contributed by atoms with Crippen LogP contribution >= 0.6 is 0 Å². The third-order valence-electron chi connectivity index (χ3n) is 9.21. The van der Waals surface area contributed by atoms with Crippen molar-refractivity contribution in [3.8, 4) is 28.1 Å². The number of hydrogen-bond acceptors (Lipinski definition) is 2. The summed E-state index contributed by atoms with van der Waals surface area (Å²) in [5.74, 6) is 0. The number of benzene rings is 5. The number of pyridine rings is 2. The Morgan fingerprint density at radius 3 is 2.24 bits per heavy atom. The van der Waals surface area contributed by atoms with Gasteiger partial charge in [0, 0.05) is 44.4 Å². The molecule has 9 rings (SSSR count). The van der Waals surface area contributed by atoms with E-state index in [4.69, 9.17) is 4.98 Å². The SMILES string of the molecule is CC1(C)c2ccccc2-c2ccc3c(c21)c1ccccc1n3-c1ccc(-c2ccc3ccc4cccnc4c3n2)cc1. The smallest absolute Gasteiger partial charge is 0.0972 e. The van der Waals surface area contributed by atoms with Crippen molar-refractivity contribution >= 4 is 43.6 Å². The third kappa shape index (κ3) is 3.11. The van der Waals surface area contributed by atoms with Gasteiger partial charge >= 0.3 is 0 Å². The number of rotatable bonds is 2. The molecule has 0 saturated heterocycles. The molecule has 0 atom stereocenters. The van der Waals surface area contributed by atoms with Gasteiger partial charge in [0.1, 0.15) is 0 Å².